The van der Waals surface area contributed by atoms with Crippen LogP contribution in [0.3, 0.4) is 0 Å². The monoisotopic (exact) mass is 409 g/mol. The Hall–Kier alpha value is -3.06. The van der Waals surface area contributed by atoms with Gasteiger partial charge in [-0.3, -0.25) is 4.79 Å². The van der Waals surface area contributed by atoms with E-state index in [-0.39, 0.29) is 5.76 Å². The molecule has 2 aromatic carbocycles. The van der Waals surface area contributed by atoms with Crippen molar-refractivity contribution in [1.29, 1.82) is 0 Å². The summed E-state index contributed by atoms with van der Waals surface area (Å²) in [6.07, 6.45) is 5.35. The van der Waals surface area contributed by atoms with Crippen LogP contribution in [0.4, 0.5) is 4.39 Å². The van der Waals surface area contributed by atoms with Gasteiger partial charge in [0.15, 0.2) is 5.76 Å². The van der Waals surface area contributed by atoms with Crippen molar-refractivity contribution in [2.45, 2.75) is 11.8 Å². The van der Waals surface area contributed by atoms with E-state index in [0.29, 0.717) is 22.7 Å². The highest BCUT2D eigenvalue weighted by molar-refractivity contribution is 7.97. The van der Waals surface area contributed by atoms with Gasteiger partial charge in [-0.25, -0.2) is 9.37 Å². The topological polar surface area (TPSA) is 60.1 Å². The van der Waals surface area contributed by atoms with E-state index < -0.39 is 17.8 Å². The Morgan fingerprint density at radius 2 is 2.00 bits per heavy atom. The molecule has 1 atom stereocenters. The van der Waals surface area contributed by atoms with Crippen LogP contribution in [0.2, 0.25) is 0 Å². The predicted octanol–water partition coefficient (Wildman–Crippen LogP) is 4.69. The normalized spacial score (nSPS) is 12.2. The highest BCUT2D eigenvalue weighted by Gasteiger charge is 2.27. The molecule has 4 aromatic rings. The van der Waals surface area contributed by atoms with Gasteiger partial charge in [0.05, 0.1) is 0 Å². The van der Waals surface area contributed by atoms with Crippen LogP contribution in [0.1, 0.15) is 33.5 Å². The smallest absolute Gasteiger partial charge is 0.288 e. The van der Waals surface area contributed by atoms with Crippen LogP contribution >= 0.6 is 11.8 Å². The Morgan fingerprint density at radius 3 is 2.72 bits per heavy atom. The number of para-hydroxylation sites is 1. The third kappa shape index (κ3) is 3.65. The molecule has 0 saturated heterocycles. The largest absolute Gasteiger partial charge is 0.451 e. The molecule has 148 valence electrons. The van der Waals surface area contributed by atoms with Gasteiger partial charge in [-0.15, -0.1) is 0 Å². The molecular formula is C22H20FN3O2S. The first-order valence-electron chi connectivity index (χ1n) is 9.12. The van der Waals surface area contributed by atoms with Crippen LogP contribution in [0.5, 0.6) is 0 Å². The number of fused-ring (bicyclic) bond motifs is 1. The average Bonchev–Trinajstić information content (AvgIpc) is 3.31. The van der Waals surface area contributed by atoms with Crippen molar-refractivity contribution in [1.82, 2.24) is 14.9 Å². The predicted molar refractivity (Wildman–Crippen MR) is 112 cm³/mol. The first kappa shape index (κ1) is 19.3. The Balaban J connectivity index is 1.76. The van der Waals surface area contributed by atoms with E-state index in [1.807, 2.05) is 37.6 Å². The second-order valence-electron chi connectivity index (χ2n) is 6.66. The van der Waals surface area contributed by atoms with Crippen LogP contribution in [0, 0.1) is 5.82 Å². The number of halogens is 1. The summed E-state index contributed by atoms with van der Waals surface area (Å²) in [5, 5.41) is 3.84. The average molecular weight is 409 g/mol. The van der Waals surface area contributed by atoms with E-state index in [1.165, 1.54) is 6.07 Å². The molecule has 4 rings (SSSR count). The number of furan rings is 1. The first-order valence-corrected chi connectivity index (χ1v) is 10.5. The van der Waals surface area contributed by atoms with Crippen molar-refractivity contribution in [3.63, 3.8) is 0 Å². The number of imidazole rings is 1. The molecule has 7 heteroatoms. The number of aryl methyl sites for hydroxylation is 1. The van der Waals surface area contributed by atoms with Crippen LogP contribution in [0.25, 0.3) is 11.0 Å². The number of nitrogens with zero attached hydrogens (tertiary/aromatic N) is 2. The molecule has 0 spiro atoms. The van der Waals surface area contributed by atoms with Crippen LogP contribution in [0.15, 0.2) is 65.3 Å². The number of aromatic nitrogens is 2. The van der Waals surface area contributed by atoms with E-state index in [0.717, 1.165) is 10.9 Å². The number of carbonyl (C=O) groups excluding carboxylic acids is 1. The highest BCUT2D eigenvalue weighted by atomic mass is 32.2. The maximum absolute atomic E-state index is 14.6. The first-order chi connectivity index (χ1) is 14.1. The summed E-state index contributed by atoms with van der Waals surface area (Å²) in [5.74, 6) is 0.602. The van der Waals surface area contributed by atoms with Crippen molar-refractivity contribution in [3.8, 4) is 0 Å². The number of amides is 1. The summed E-state index contributed by atoms with van der Waals surface area (Å²) < 4.78 is 22.2. The summed E-state index contributed by atoms with van der Waals surface area (Å²) in [4.78, 5) is 17.6. The lowest BCUT2D eigenvalue weighted by Crippen LogP contribution is -2.32. The van der Waals surface area contributed by atoms with Crippen molar-refractivity contribution < 1.29 is 13.6 Å². The van der Waals surface area contributed by atoms with Gasteiger partial charge in [0, 0.05) is 41.7 Å². The second-order valence-corrected chi connectivity index (χ2v) is 7.53. The quantitative estimate of drug-likeness (QED) is 0.502. The number of benzene rings is 2. The Morgan fingerprint density at radius 1 is 1.24 bits per heavy atom. The molecule has 0 fully saturated rings. The van der Waals surface area contributed by atoms with Crippen molar-refractivity contribution in [3.05, 3.63) is 89.5 Å². The van der Waals surface area contributed by atoms with Crippen molar-refractivity contribution in [2.75, 3.05) is 6.26 Å². The van der Waals surface area contributed by atoms with Gasteiger partial charge < -0.3 is 14.3 Å². The van der Waals surface area contributed by atoms with Crippen molar-refractivity contribution >= 4 is 28.6 Å². The molecular weight excluding hydrogens is 389 g/mol. The number of thioether (sulfide) groups is 1. The van der Waals surface area contributed by atoms with E-state index in [4.69, 9.17) is 4.42 Å². The molecule has 29 heavy (non-hydrogen) atoms. The van der Waals surface area contributed by atoms with Crippen LogP contribution < -0.4 is 5.32 Å². The van der Waals surface area contributed by atoms with Crippen LogP contribution in [-0.4, -0.2) is 21.7 Å². The molecule has 0 bridgehead atoms. The molecule has 0 unspecified atom stereocenters. The minimum atomic E-state index is -0.751. The minimum absolute atomic E-state index is 0.246. The molecule has 0 saturated carbocycles. The van der Waals surface area contributed by atoms with Gasteiger partial charge >= 0.3 is 0 Å². The van der Waals surface area contributed by atoms with Gasteiger partial charge in [0.2, 0.25) is 0 Å². The maximum Gasteiger partial charge on any atom is 0.288 e. The fourth-order valence-electron chi connectivity index (χ4n) is 3.41. The van der Waals surface area contributed by atoms with E-state index >= 15 is 0 Å². The lowest BCUT2D eigenvalue weighted by molar-refractivity contribution is 0.0914. The van der Waals surface area contributed by atoms with Gasteiger partial charge in [-0.1, -0.05) is 36.4 Å². The molecule has 1 amide bonds. The molecule has 0 radical (unpaired) electrons. The number of nitrogens with one attached hydrogen (secondary N) is 1. The summed E-state index contributed by atoms with van der Waals surface area (Å²) in [6, 6.07) is 13.2. The third-order valence-electron chi connectivity index (χ3n) is 4.80. The van der Waals surface area contributed by atoms with Crippen LogP contribution in [-0.2, 0) is 12.8 Å². The molecule has 5 nitrogen and oxygen atoms in total. The zero-order valence-electron chi connectivity index (χ0n) is 16.1. The molecule has 2 heterocycles. The molecule has 0 aliphatic rings. The second kappa shape index (κ2) is 8.13. The molecule has 0 aliphatic carbocycles. The van der Waals surface area contributed by atoms with Gasteiger partial charge in [0.1, 0.15) is 23.3 Å². The van der Waals surface area contributed by atoms with E-state index in [9.17, 15) is 9.18 Å². The summed E-state index contributed by atoms with van der Waals surface area (Å²) in [7, 11) is 1.81. The van der Waals surface area contributed by atoms with Gasteiger partial charge in [-0.05, 0) is 18.4 Å². The Labute approximate surface area is 171 Å². The number of hydrogen-bond donors (Lipinski definition) is 1. The standard InChI is InChI=1S/C22H20FN3O2S/c1-26-12-11-24-21(26)19(15-8-3-5-9-17(15)23)25-22(27)20-16(13-29-2)14-7-4-6-10-18(14)28-20/h3-12,19H,13H2,1-2H3,(H,25,27)/t19-/m1/s1. The zero-order chi connectivity index (χ0) is 20.4. The lowest BCUT2D eigenvalue weighted by atomic mass is 10.0. The maximum atomic E-state index is 14.6. The number of hydrogen-bond acceptors (Lipinski definition) is 4. The van der Waals surface area contributed by atoms with Gasteiger partial charge in [0.25, 0.3) is 5.91 Å². The van der Waals surface area contributed by atoms with E-state index in [2.05, 4.69) is 10.3 Å². The molecule has 1 N–H and O–H groups in total. The van der Waals surface area contributed by atoms with E-state index in [1.54, 1.807) is 46.9 Å². The summed E-state index contributed by atoms with van der Waals surface area (Å²) in [5.41, 5.74) is 1.83. The minimum Gasteiger partial charge on any atom is -0.451 e. The SMILES string of the molecule is CSCc1c(C(=O)N[C@H](c2ccccc2F)c2nccn2C)oc2ccccc12. The summed E-state index contributed by atoms with van der Waals surface area (Å²) in [6.45, 7) is 0. The number of carbonyl (C=O) groups is 1. The third-order valence-corrected chi connectivity index (χ3v) is 5.38. The van der Waals surface area contributed by atoms with Crippen molar-refractivity contribution in [2.24, 2.45) is 7.05 Å². The lowest BCUT2D eigenvalue weighted by Gasteiger charge is -2.19. The Kier molecular flexibility index (Phi) is 5.40. The fraction of sp³-hybridized carbons (Fsp3) is 0.182. The molecule has 2 aromatic heterocycles. The van der Waals surface area contributed by atoms with Gasteiger partial charge in [-0.2, -0.15) is 11.8 Å². The Bertz CT molecular complexity index is 1170. The number of rotatable bonds is 6. The summed E-state index contributed by atoms with van der Waals surface area (Å²) >= 11 is 1.61. The molecule has 0 aliphatic heterocycles. The highest BCUT2D eigenvalue weighted by Crippen LogP contribution is 2.30. The fourth-order valence-corrected chi connectivity index (χ4v) is 3.99. The zero-order valence-corrected chi connectivity index (χ0v) is 16.9.